The number of carbonyl (C=O) groups excluding carboxylic acids is 2. The Morgan fingerprint density at radius 2 is 1.59 bits per heavy atom. The van der Waals surface area contributed by atoms with Gasteiger partial charge in [-0.1, -0.05) is 17.7 Å². The van der Waals surface area contributed by atoms with Crippen molar-refractivity contribution in [3.8, 4) is 0 Å². The molecule has 1 aromatic carbocycles. The second-order valence-electron chi connectivity index (χ2n) is 9.77. The second kappa shape index (κ2) is 9.60. The highest BCUT2D eigenvalue weighted by molar-refractivity contribution is 6.00. The maximum atomic E-state index is 13.2. The third-order valence-corrected chi connectivity index (χ3v) is 7.20. The van der Waals surface area contributed by atoms with Crippen LogP contribution in [0.3, 0.4) is 0 Å². The van der Waals surface area contributed by atoms with Gasteiger partial charge in [0.05, 0.1) is 5.92 Å². The summed E-state index contributed by atoms with van der Waals surface area (Å²) in [7, 11) is 0. The van der Waals surface area contributed by atoms with E-state index >= 15 is 0 Å². The number of hydrogen-bond donors (Lipinski definition) is 0. The lowest BCUT2D eigenvalue weighted by Gasteiger charge is -2.37. The summed E-state index contributed by atoms with van der Waals surface area (Å²) in [4.78, 5) is 43.6. The molecule has 0 N–H and O–H groups in total. The molecule has 2 aromatic rings. The van der Waals surface area contributed by atoms with E-state index in [4.69, 9.17) is 4.98 Å². The van der Waals surface area contributed by atoms with E-state index in [0.717, 1.165) is 54.9 Å². The molecule has 34 heavy (non-hydrogen) atoms. The van der Waals surface area contributed by atoms with Crippen LogP contribution in [0.25, 0.3) is 0 Å². The fourth-order valence-electron chi connectivity index (χ4n) is 5.20. The van der Waals surface area contributed by atoms with Gasteiger partial charge in [0.2, 0.25) is 17.8 Å². The molecule has 5 rings (SSSR count). The summed E-state index contributed by atoms with van der Waals surface area (Å²) >= 11 is 0. The fraction of sp³-hybridized carbons (Fsp3) is 0.538. The van der Waals surface area contributed by atoms with Gasteiger partial charge >= 0.3 is 0 Å². The highest BCUT2D eigenvalue weighted by Gasteiger charge is 2.38. The van der Waals surface area contributed by atoms with Crippen LogP contribution in [0.1, 0.15) is 36.9 Å². The molecular formula is C26H34N6O2. The summed E-state index contributed by atoms with van der Waals surface area (Å²) in [5, 5.41) is 0. The Morgan fingerprint density at radius 3 is 2.29 bits per heavy atom. The number of anilines is 3. The van der Waals surface area contributed by atoms with Crippen LogP contribution in [-0.4, -0.2) is 72.5 Å². The van der Waals surface area contributed by atoms with E-state index in [0.29, 0.717) is 19.6 Å². The highest BCUT2D eigenvalue weighted by atomic mass is 16.2. The molecule has 4 heterocycles. The van der Waals surface area contributed by atoms with Crippen molar-refractivity contribution in [2.75, 3.05) is 60.5 Å². The molecule has 0 aliphatic carbocycles. The summed E-state index contributed by atoms with van der Waals surface area (Å²) in [5.74, 6) is 1.63. The molecule has 0 bridgehead atoms. The van der Waals surface area contributed by atoms with Crippen LogP contribution in [0.4, 0.5) is 17.5 Å². The van der Waals surface area contributed by atoms with Gasteiger partial charge in [-0.2, -0.15) is 4.98 Å². The molecule has 180 valence electrons. The Hall–Kier alpha value is -3.16. The molecular weight excluding hydrogens is 428 g/mol. The van der Waals surface area contributed by atoms with E-state index in [1.54, 1.807) is 4.90 Å². The van der Waals surface area contributed by atoms with E-state index < -0.39 is 0 Å². The Kier molecular flexibility index (Phi) is 6.39. The van der Waals surface area contributed by atoms with Crippen molar-refractivity contribution in [2.24, 2.45) is 5.92 Å². The van der Waals surface area contributed by atoms with Crippen LogP contribution in [0, 0.1) is 19.8 Å². The molecule has 8 heteroatoms. The van der Waals surface area contributed by atoms with Gasteiger partial charge in [0.15, 0.2) is 0 Å². The van der Waals surface area contributed by atoms with Gasteiger partial charge < -0.3 is 19.6 Å². The summed E-state index contributed by atoms with van der Waals surface area (Å²) in [6, 6.07) is 9.96. The van der Waals surface area contributed by atoms with E-state index in [1.807, 2.05) is 49.1 Å². The summed E-state index contributed by atoms with van der Waals surface area (Å²) in [6.45, 7) is 9.33. The molecule has 8 nitrogen and oxygen atoms in total. The maximum absolute atomic E-state index is 13.2. The zero-order valence-electron chi connectivity index (χ0n) is 20.2. The molecule has 0 saturated carbocycles. The minimum absolute atomic E-state index is 0.0301. The third kappa shape index (κ3) is 4.72. The molecule has 3 aliphatic heterocycles. The number of benzene rings is 1. The Morgan fingerprint density at radius 1 is 0.882 bits per heavy atom. The second-order valence-corrected chi connectivity index (χ2v) is 9.77. The lowest BCUT2D eigenvalue weighted by atomic mass is 10.1. The van der Waals surface area contributed by atoms with Crippen molar-refractivity contribution in [3.05, 3.63) is 41.6 Å². The van der Waals surface area contributed by atoms with Crippen molar-refractivity contribution in [3.63, 3.8) is 0 Å². The Balaban J connectivity index is 1.20. The summed E-state index contributed by atoms with van der Waals surface area (Å²) < 4.78 is 0. The van der Waals surface area contributed by atoms with Gasteiger partial charge in [0, 0.05) is 69.7 Å². The predicted molar refractivity (Wildman–Crippen MR) is 133 cm³/mol. The molecule has 3 fully saturated rings. The first-order chi connectivity index (χ1) is 16.5. The Bertz CT molecular complexity index is 1040. The smallest absolute Gasteiger partial charge is 0.228 e. The van der Waals surface area contributed by atoms with Crippen LogP contribution in [0.15, 0.2) is 30.3 Å². The number of aromatic nitrogens is 2. The quantitative estimate of drug-likeness (QED) is 0.696. The number of nitrogens with zero attached hydrogens (tertiary/aromatic N) is 6. The van der Waals surface area contributed by atoms with Crippen molar-refractivity contribution >= 4 is 29.3 Å². The number of amides is 2. The van der Waals surface area contributed by atoms with Crippen molar-refractivity contribution in [1.29, 1.82) is 0 Å². The maximum Gasteiger partial charge on any atom is 0.228 e. The van der Waals surface area contributed by atoms with E-state index in [9.17, 15) is 9.59 Å². The average molecular weight is 463 g/mol. The largest absolute Gasteiger partial charge is 0.353 e. The van der Waals surface area contributed by atoms with Crippen LogP contribution in [0.2, 0.25) is 0 Å². The minimum Gasteiger partial charge on any atom is -0.353 e. The summed E-state index contributed by atoms with van der Waals surface area (Å²) in [6.07, 6.45) is 3.95. The van der Waals surface area contributed by atoms with Crippen LogP contribution >= 0.6 is 0 Å². The first-order valence-corrected chi connectivity index (χ1v) is 12.5. The normalized spacial score (nSPS) is 21.4. The SMILES string of the molecule is Cc1ccc(N2CC(C(=O)N3CCN(c4cc(C)nc(N5CCCCC5)n4)CC3)CC2=O)cc1. The standard InChI is InChI=1S/C26H34N6O2/c1-19-6-8-22(9-7-19)32-18-21(17-24(32)33)25(34)30-14-12-29(13-15-30)23-16-20(2)27-26(28-23)31-10-4-3-5-11-31/h6-9,16,21H,3-5,10-15,17-18H2,1-2H3. The first kappa shape index (κ1) is 22.6. The molecule has 1 unspecified atom stereocenters. The number of hydrogen-bond acceptors (Lipinski definition) is 6. The molecule has 3 saturated heterocycles. The first-order valence-electron chi connectivity index (χ1n) is 12.5. The van der Waals surface area contributed by atoms with Crippen molar-refractivity contribution in [2.45, 2.75) is 39.5 Å². The molecule has 1 aromatic heterocycles. The number of piperidine rings is 1. The van der Waals surface area contributed by atoms with E-state index in [1.165, 1.54) is 19.3 Å². The van der Waals surface area contributed by atoms with Crippen molar-refractivity contribution < 1.29 is 9.59 Å². The van der Waals surface area contributed by atoms with Gasteiger partial charge in [-0.3, -0.25) is 9.59 Å². The number of carbonyl (C=O) groups is 2. The van der Waals surface area contributed by atoms with Crippen LogP contribution in [-0.2, 0) is 9.59 Å². The molecule has 0 spiro atoms. The monoisotopic (exact) mass is 462 g/mol. The molecule has 1 atom stereocenters. The fourth-order valence-corrected chi connectivity index (χ4v) is 5.20. The minimum atomic E-state index is -0.271. The van der Waals surface area contributed by atoms with Gasteiger partial charge in [-0.05, 0) is 45.2 Å². The lowest BCUT2D eigenvalue weighted by molar-refractivity contribution is -0.136. The van der Waals surface area contributed by atoms with Gasteiger partial charge in [-0.25, -0.2) is 4.98 Å². The number of piperazine rings is 1. The number of aryl methyl sites for hydroxylation is 2. The van der Waals surface area contributed by atoms with Gasteiger partial charge in [0.1, 0.15) is 5.82 Å². The van der Waals surface area contributed by atoms with E-state index in [-0.39, 0.29) is 24.2 Å². The number of rotatable bonds is 4. The van der Waals surface area contributed by atoms with E-state index in [2.05, 4.69) is 14.8 Å². The third-order valence-electron chi connectivity index (χ3n) is 7.20. The average Bonchev–Trinajstić information content (AvgIpc) is 3.26. The van der Waals surface area contributed by atoms with Crippen molar-refractivity contribution in [1.82, 2.24) is 14.9 Å². The lowest BCUT2D eigenvalue weighted by Crippen LogP contribution is -2.51. The highest BCUT2D eigenvalue weighted by Crippen LogP contribution is 2.28. The predicted octanol–water partition coefficient (Wildman–Crippen LogP) is 2.79. The molecule has 0 radical (unpaired) electrons. The zero-order valence-corrected chi connectivity index (χ0v) is 20.2. The van der Waals surface area contributed by atoms with Crippen LogP contribution in [0.5, 0.6) is 0 Å². The molecule has 3 aliphatic rings. The topological polar surface area (TPSA) is 72.9 Å². The Labute approximate surface area is 201 Å². The van der Waals surface area contributed by atoms with Gasteiger partial charge in [0.25, 0.3) is 0 Å². The van der Waals surface area contributed by atoms with Gasteiger partial charge in [-0.15, -0.1) is 0 Å². The molecule has 2 amide bonds. The van der Waals surface area contributed by atoms with Crippen LogP contribution < -0.4 is 14.7 Å². The summed E-state index contributed by atoms with van der Waals surface area (Å²) in [5.41, 5.74) is 3.01. The zero-order chi connectivity index (χ0) is 23.7.